The minimum Gasteiger partial charge on any atom is -0.493 e. The standard InChI is InChI=1S/C12H17NO3S/c1-3-15-10-6-4-5-9(13)11(10)12(14)16-7-8-17-2/h4-6H,3,7-8,13H2,1-2H3. The zero-order chi connectivity index (χ0) is 12.7. The largest absolute Gasteiger partial charge is 0.493 e. The van der Waals surface area contributed by atoms with E-state index in [9.17, 15) is 4.79 Å². The van der Waals surface area contributed by atoms with Crippen molar-refractivity contribution >= 4 is 23.4 Å². The second-order valence-corrected chi connectivity index (χ2v) is 4.27. The fourth-order valence-electron chi connectivity index (χ4n) is 1.33. The second-order valence-electron chi connectivity index (χ2n) is 3.28. The Labute approximate surface area is 105 Å². The molecule has 0 aromatic heterocycles. The molecule has 0 bridgehead atoms. The van der Waals surface area contributed by atoms with Crippen LogP contribution >= 0.6 is 11.8 Å². The number of ether oxygens (including phenoxy) is 2. The van der Waals surface area contributed by atoms with E-state index in [1.165, 1.54) is 0 Å². The summed E-state index contributed by atoms with van der Waals surface area (Å²) in [5.74, 6) is 0.810. The Kier molecular flexibility index (Phi) is 5.69. The lowest BCUT2D eigenvalue weighted by molar-refractivity contribution is 0.0527. The highest BCUT2D eigenvalue weighted by Crippen LogP contribution is 2.25. The minimum atomic E-state index is -0.430. The Morgan fingerprint density at radius 2 is 2.24 bits per heavy atom. The number of carbonyl (C=O) groups is 1. The number of benzene rings is 1. The first kappa shape index (κ1) is 13.7. The van der Waals surface area contributed by atoms with Crippen LogP contribution in [0.3, 0.4) is 0 Å². The highest BCUT2D eigenvalue weighted by atomic mass is 32.2. The second kappa shape index (κ2) is 7.06. The van der Waals surface area contributed by atoms with E-state index in [-0.39, 0.29) is 0 Å². The predicted molar refractivity (Wildman–Crippen MR) is 70.7 cm³/mol. The van der Waals surface area contributed by atoms with Crippen LogP contribution in [0.5, 0.6) is 5.75 Å². The Morgan fingerprint density at radius 1 is 1.47 bits per heavy atom. The van der Waals surface area contributed by atoms with E-state index >= 15 is 0 Å². The molecule has 0 amide bonds. The molecule has 0 saturated heterocycles. The van der Waals surface area contributed by atoms with Crippen LogP contribution in [0.4, 0.5) is 5.69 Å². The summed E-state index contributed by atoms with van der Waals surface area (Å²) in [5.41, 5.74) is 6.47. The summed E-state index contributed by atoms with van der Waals surface area (Å²) >= 11 is 1.62. The number of hydrogen-bond donors (Lipinski definition) is 1. The first-order valence-electron chi connectivity index (χ1n) is 5.38. The van der Waals surface area contributed by atoms with Gasteiger partial charge in [0.1, 0.15) is 17.9 Å². The number of nitrogen functional groups attached to an aromatic ring is 1. The van der Waals surface area contributed by atoms with Crippen LogP contribution in [0.1, 0.15) is 17.3 Å². The Morgan fingerprint density at radius 3 is 2.88 bits per heavy atom. The summed E-state index contributed by atoms with van der Waals surface area (Å²) in [6, 6.07) is 5.12. The molecule has 0 saturated carbocycles. The third kappa shape index (κ3) is 3.85. The number of anilines is 1. The van der Waals surface area contributed by atoms with Gasteiger partial charge in [-0.15, -0.1) is 0 Å². The maximum atomic E-state index is 11.8. The van der Waals surface area contributed by atoms with Gasteiger partial charge in [-0.2, -0.15) is 11.8 Å². The van der Waals surface area contributed by atoms with E-state index in [1.54, 1.807) is 30.0 Å². The van der Waals surface area contributed by atoms with Gasteiger partial charge in [0.2, 0.25) is 0 Å². The number of carbonyl (C=O) groups excluding carboxylic acids is 1. The lowest BCUT2D eigenvalue weighted by Crippen LogP contribution is -2.12. The minimum absolute atomic E-state index is 0.315. The highest BCUT2D eigenvalue weighted by Gasteiger charge is 2.17. The average Bonchev–Trinajstić information content (AvgIpc) is 2.30. The molecule has 94 valence electrons. The summed E-state index contributed by atoms with van der Waals surface area (Å²) in [6.07, 6.45) is 1.95. The first-order valence-corrected chi connectivity index (χ1v) is 6.77. The smallest absolute Gasteiger partial charge is 0.344 e. The van der Waals surface area contributed by atoms with Crippen molar-refractivity contribution in [2.75, 3.05) is 31.0 Å². The molecule has 2 N–H and O–H groups in total. The van der Waals surface area contributed by atoms with E-state index in [0.29, 0.717) is 30.2 Å². The SMILES string of the molecule is CCOc1cccc(N)c1C(=O)OCCSC. The third-order valence-corrected chi connectivity index (χ3v) is 2.66. The van der Waals surface area contributed by atoms with Crippen molar-refractivity contribution in [3.05, 3.63) is 23.8 Å². The maximum absolute atomic E-state index is 11.8. The molecule has 0 aliphatic rings. The molecule has 5 heteroatoms. The Balaban J connectivity index is 2.83. The van der Waals surface area contributed by atoms with Crippen LogP contribution < -0.4 is 10.5 Å². The number of esters is 1. The molecule has 1 aromatic rings. The van der Waals surface area contributed by atoms with Crippen LogP contribution in [0.15, 0.2) is 18.2 Å². The average molecular weight is 255 g/mol. The lowest BCUT2D eigenvalue weighted by Gasteiger charge is -2.11. The fraction of sp³-hybridized carbons (Fsp3) is 0.417. The summed E-state index contributed by atoms with van der Waals surface area (Å²) in [6.45, 7) is 2.71. The molecular formula is C12H17NO3S. The monoisotopic (exact) mass is 255 g/mol. The van der Waals surface area contributed by atoms with E-state index in [4.69, 9.17) is 15.2 Å². The Bertz CT molecular complexity index is 382. The van der Waals surface area contributed by atoms with Gasteiger partial charge < -0.3 is 15.2 Å². The molecule has 0 atom stereocenters. The van der Waals surface area contributed by atoms with Crippen molar-refractivity contribution in [2.24, 2.45) is 0 Å². The van der Waals surface area contributed by atoms with Gasteiger partial charge in [-0.1, -0.05) is 6.07 Å². The van der Waals surface area contributed by atoms with Crippen molar-refractivity contribution in [1.82, 2.24) is 0 Å². The quantitative estimate of drug-likeness (QED) is 0.479. The van der Waals surface area contributed by atoms with Crippen LogP contribution in [0.2, 0.25) is 0 Å². The van der Waals surface area contributed by atoms with Gasteiger partial charge in [-0.05, 0) is 25.3 Å². The molecule has 0 spiro atoms. The summed E-state index contributed by atoms with van der Waals surface area (Å²) in [7, 11) is 0. The van der Waals surface area contributed by atoms with E-state index in [1.807, 2.05) is 13.2 Å². The van der Waals surface area contributed by atoms with Gasteiger partial charge in [0, 0.05) is 11.4 Å². The van der Waals surface area contributed by atoms with Crippen LogP contribution in [0.25, 0.3) is 0 Å². The number of rotatable bonds is 6. The molecule has 0 heterocycles. The van der Waals surface area contributed by atoms with Gasteiger partial charge in [0.05, 0.1) is 6.61 Å². The molecule has 0 radical (unpaired) electrons. The summed E-state index contributed by atoms with van der Waals surface area (Å²) in [5, 5.41) is 0. The van der Waals surface area contributed by atoms with Crippen molar-refractivity contribution < 1.29 is 14.3 Å². The van der Waals surface area contributed by atoms with Gasteiger partial charge in [0.25, 0.3) is 0 Å². The number of nitrogens with two attached hydrogens (primary N) is 1. The topological polar surface area (TPSA) is 61.5 Å². The molecule has 0 fully saturated rings. The van der Waals surface area contributed by atoms with Gasteiger partial charge >= 0.3 is 5.97 Å². The van der Waals surface area contributed by atoms with Gasteiger partial charge in [-0.3, -0.25) is 0 Å². The van der Waals surface area contributed by atoms with Gasteiger partial charge in [-0.25, -0.2) is 4.79 Å². The predicted octanol–water partition coefficient (Wildman–Crippen LogP) is 2.19. The van der Waals surface area contributed by atoms with Crippen LogP contribution in [-0.2, 0) is 4.74 Å². The third-order valence-electron chi connectivity index (χ3n) is 2.08. The first-order chi connectivity index (χ1) is 8.20. The molecule has 17 heavy (non-hydrogen) atoms. The molecule has 0 aliphatic heterocycles. The summed E-state index contributed by atoms with van der Waals surface area (Å²) in [4.78, 5) is 11.8. The van der Waals surface area contributed by atoms with Crippen molar-refractivity contribution in [2.45, 2.75) is 6.92 Å². The molecule has 0 aliphatic carbocycles. The number of hydrogen-bond acceptors (Lipinski definition) is 5. The van der Waals surface area contributed by atoms with E-state index < -0.39 is 5.97 Å². The van der Waals surface area contributed by atoms with Crippen molar-refractivity contribution in [3.63, 3.8) is 0 Å². The maximum Gasteiger partial charge on any atom is 0.344 e. The number of thioether (sulfide) groups is 1. The molecule has 1 aromatic carbocycles. The fourth-order valence-corrected chi connectivity index (χ4v) is 1.58. The molecule has 0 unspecified atom stereocenters. The zero-order valence-corrected chi connectivity index (χ0v) is 10.9. The van der Waals surface area contributed by atoms with Crippen LogP contribution in [0, 0.1) is 0 Å². The van der Waals surface area contributed by atoms with Gasteiger partial charge in [0.15, 0.2) is 0 Å². The van der Waals surface area contributed by atoms with E-state index in [2.05, 4.69) is 0 Å². The molecule has 4 nitrogen and oxygen atoms in total. The Hall–Kier alpha value is -1.36. The molecule has 1 rings (SSSR count). The lowest BCUT2D eigenvalue weighted by atomic mass is 10.1. The van der Waals surface area contributed by atoms with Crippen LogP contribution in [-0.4, -0.2) is 31.2 Å². The zero-order valence-electron chi connectivity index (χ0n) is 10.1. The van der Waals surface area contributed by atoms with Crippen molar-refractivity contribution in [3.8, 4) is 5.75 Å². The molecular weight excluding hydrogens is 238 g/mol. The summed E-state index contributed by atoms with van der Waals surface area (Å²) < 4.78 is 10.5. The van der Waals surface area contributed by atoms with E-state index in [0.717, 1.165) is 5.75 Å². The highest BCUT2D eigenvalue weighted by molar-refractivity contribution is 7.98. The normalized spacial score (nSPS) is 10.0. The van der Waals surface area contributed by atoms with Crippen molar-refractivity contribution in [1.29, 1.82) is 0 Å².